The van der Waals surface area contributed by atoms with Gasteiger partial charge >= 0.3 is 0 Å². The average molecular weight is 338 g/mol. The van der Waals surface area contributed by atoms with Gasteiger partial charge in [0.15, 0.2) is 0 Å². The summed E-state index contributed by atoms with van der Waals surface area (Å²) in [6, 6.07) is 10.6. The molecule has 2 N–H and O–H groups in total. The van der Waals surface area contributed by atoms with E-state index in [4.69, 9.17) is 9.47 Å². The Hall–Kier alpha value is -0.980. The molecule has 0 heterocycles. The maximum absolute atomic E-state index is 5.71. The molecule has 0 aliphatic rings. The van der Waals surface area contributed by atoms with E-state index in [0.29, 0.717) is 0 Å². The summed E-state index contributed by atoms with van der Waals surface area (Å²) in [5.41, 5.74) is 1.33. The molecule has 138 valence electrons. The Morgan fingerprint density at radius 3 is 1.83 bits per heavy atom. The molecule has 0 aliphatic carbocycles. The lowest BCUT2D eigenvalue weighted by Gasteiger charge is -2.22. The molecule has 0 aromatic heterocycles. The maximum Gasteiger partial charge on any atom is 0.0594 e. The normalized spacial score (nSPS) is 11.3. The van der Waals surface area contributed by atoms with Gasteiger partial charge in [0, 0.05) is 32.7 Å². The Morgan fingerprint density at radius 1 is 0.792 bits per heavy atom. The van der Waals surface area contributed by atoms with Crippen molar-refractivity contribution in [1.82, 2.24) is 15.5 Å². The van der Waals surface area contributed by atoms with Crippen LogP contribution in [0.3, 0.4) is 0 Å². The number of nitrogens with zero attached hydrogens (tertiary/aromatic N) is 1. The predicted molar refractivity (Wildman–Crippen MR) is 100 cm³/mol. The summed E-state index contributed by atoms with van der Waals surface area (Å²) in [4.78, 5) is 2.40. The minimum absolute atomic E-state index is 0.760. The highest BCUT2D eigenvalue weighted by molar-refractivity contribution is 5.14. The van der Waals surface area contributed by atoms with Gasteiger partial charge in [0.25, 0.3) is 0 Å². The van der Waals surface area contributed by atoms with Gasteiger partial charge in [-0.3, -0.25) is 4.90 Å². The Bertz CT molecular complexity index is 360. The lowest BCUT2D eigenvalue weighted by Crippen LogP contribution is -2.32. The van der Waals surface area contributed by atoms with Gasteiger partial charge in [-0.1, -0.05) is 44.2 Å². The molecule has 1 rings (SSSR count). The van der Waals surface area contributed by atoms with E-state index < -0.39 is 0 Å². The summed E-state index contributed by atoms with van der Waals surface area (Å²) < 4.78 is 11.4. The zero-order valence-corrected chi connectivity index (χ0v) is 15.4. The van der Waals surface area contributed by atoms with E-state index in [1.807, 2.05) is 0 Å². The van der Waals surface area contributed by atoms with Crippen LogP contribution in [0.2, 0.25) is 0 Å². The number of benzene rings is 1. The third-order valence-corrected chi connectivity index (χ3v) is 3.70. The van der Waals surface area contributed by atoms with Gasteiger partial charge in [0.2, 0.25) is 0 Å². The van der Waals surface area contributed by atoms with Gasteiger partial charge < -0.3 is 20.1 Å². The Labute approximate surface area is 147 Å². The van der Waals surface area contributed by atoms with Crippen molar-refractivity contribution in [2.24, 2.45) is 0 Å². The highest BCUT2D eigenvalue weighted by Crippen LogP contribution is 2.04. The van der Waals surface area contributed by atoms with Crippen molar-refractivity contribution in [1.29, 1.82) is 0 Å². The first-order valence-corrected chi connectivity index (χ1v) is 9.20. The minimum atomic E-state index is 0.760. The number of hydrogen-bond acceptors (Lipinski definition) is 5. The van der Waals surface area contributed by atoms with E-state index in [1.165, 1.54) is 5.56 Å². The molecule has 0 spiro atoms. The van der Waals surface area contributed by atoms with Crippen molar-refractivity contribution in [2.75, 3.05) is 65.7 Å². The molecular formula is C19H35N3O2. The third-order valence-electron chi connectivity index (χ3n) is 3.70. The maximum atomic E-state index is 5.71. The van der Waals surface area contributed by atoms with Crippen LogP contribution < -0.4 is 10.6 Å². The number of rotatable bonds is 16. The fourth-order valence-corrected chi connectivity index (χ4v) is 2.35. The van der Waals surface area contributed by atoms with Crippen LogP contribution >= 0.6 is 0 Å². The first-order valence-electron chi connectivity index (χ1n) is 9.20. The quantitative estimate of drug-likeness (QED) is 0.450. The molecule has 0 fully saturated rings. The molecule has 0 atom stereocenters. The highest BCUT2D eigenvalue weighted by Gasteiger charge is 2.06. The third kappa shape index (κ3) is 11.5. The Morgan fingerprint density at radius 2 is 1.33 bits per heavy atom. The molecule has 0 saturated heterocycles. The fraction of sp³-hybridized carbons (Fsp3) is 0.684. The molecule has 0 unspecified atom stereocenters. The van der Waals surface area contributed by atoms with Crippen LogP contribution in [0.25, 0.3) is 0 Å². The number of hydrogen-bond donors (Lipinski definition) is 2. The zero-order chi connectivity index (χ0) is 17.3. The largest absolute Gasteiger partial charge is 0.379 e. The summed E-state index contributed by atoms with van der Waals surface area (Å²) >= 11 is 0. The lowest BCUT2D eigenvalue weighted by molar-refractivity contribution is 0.0733. The fourth-order valence-electron chi connectivity index (χ4n) is 2.35. The van der Waals surface area contributed by atoms with E-state index >= 15 is 0 Å². The standard InChI is InChI=1S/C19H35N3O2/c1-3-20-10-14-23-16-12-22(13-17-24-15-11-21-4-2)18-19-8-6-5-7-9-19/h5-9,20-21H,3-4,10-18H2,1-2H3. The van der Waals surface area contributed by atoms with Crippen LogP contribution in [0.4, 0.5) is 0 Å². The molecule has 1 aromatic rings. The van der Waals surface area contributed by atoms with Crippen molar-refractivity contribution in [3.63, 3.8) is 0 Å². The zero-order valence-electron chi connectivity index (χ0n) is 15.4. The minimum Gasteiger partial charge on any atom is -0.379 e. The SMILES string of the molecule is CCNCCOCCN(CCOCCNCC)Cc1ccccc1. The monoisotopic (exact) mass is 337 g/mol. The van der Waals surface area contributed by atoms with Crippen LogP contribution in [0.1, 0.15) is 19.4 Å². The topological polar surface area (TPSA) is 45.8 Å². The second-order valence-corrected chi connectivity index (χ2v) is 5.69. The first-order chi connectivity index (χ1) is 11.9. The number of nitrogens with one attached hydrogen (secondary N) is 2. The Kier molecular flexibility index (Phi) is 13.6. The summed E-state index contributed by atoms with van der Waals surface area (Å²) in [5, 5.41) is 6.54. The molecule has 0 saturated carbocycles. The lowest BCUT2D eigenvalue weighted by atomic mass is 10.2. The number of ether oxygens (including phenoxy) is 2. The van der Waals surface area contributed by atoms with Crippen LogP contribution in [-0.4, -0.2) is 70.6 Å². The van der Waals surface area contributed by atoms with Crippen LogP contribution in [0.15, 0.2) is 30.3 Å². The van der Waals surface area contributed by atoms with Gasteiger partial charge in [0.05, 0.1) is 26.4 Å². The van der Waals surface area contributed by atoms with E-state index in [1.54, 1.807) is 0 Å². The van der Waals surface area contributed by atoms with E-state index in [9.17, 15) is 0 Å². The van der Waals surface area contributed by atoms with Crippen LogP contribution in [0.5, 0.6) is 0 Å². The van der Waals surface area contributed by atoms with Crippen molar-refractivity contribution < 1.29 is 9.47 Å². The highest BCUT2D eigenvalue weighted by atomic mass is 16.5. The van der Waals surface area contributed by atoms with Gasteiger partial charge in [-0.2, -0.15) is 0 Å². The van der Waals surface area contributed by atoms with E-state index in [-0.39, 0.29) is 0 Å². The van der Waals surface area contributed by atoms with Crippen molar-refractivity contribution in [3.8, 4) is 0 Å². The molecule has 0 amide bonds. The summed E-state index contributed by atoms with van der Waals surface area (Å²) in [6.07, 6.45) is 0. The van der Waals surface area contributed by atoms with Crippen LogP contribution in [-0.2, 0) is 16.0 Å². The van der Waals surface area contributed by atoms with Crippen molar-refractivity contribution in [2.45, 2.75) is 20.4 Å². The number of likely N-dealkylation sites (N-methyl/N-ethyl adjacent to an activating group) is 2. The van der Waals surface area contributed by atoms with E-state index in [2.05, 4.69) is 59.7 Å². The molecule has 0 radical (unpaired) electrons. The van der Waals surface area contributed by atoms with Crippen molar-refractivity contribution >= 4 is 0 Å². The second kappa shape index (κ2) is 15.5. The van der Waals surface area contributed by atoms with Gasteiger partial charge in [-0.15, -0.1) is 0 Å². The summed E-state index contributed by atoms with van der Waals surface area (Å²) in [5.74, 6) is 0. The summed E-state index contributed by atoms with van der Waals surface area (Å²) in [7, 11) is 0. The molecular weight excluding hydrogens is 302 g/mol. The average Bonchev–Trinajstić information content (AvgIpc) is 2.61. The first kappa shape index (κ1) is 21.1. The van der Waals surface area contributed by atoms with Crippen molar-refractivity contribution in [3.05, 3.63) is 35.9 Å². The predicted octanol–water partition coefficient (Wildman–Crippen LogP) is 1.74. The van der Waals surface area contributed by atoms with Gasteiger partial charge in [0.1, 0.15) is 0 Å². The van der Waals surface area contributed by atoms with Crippen LogP contribution in [0, 0.1) is 0 Å². The van der Waals surface area contributed by atoms with Gasteiger partial charge in [-0.25, -0.2) is 0 Å². The molecule has 24 heavy (non-hydrogen) atoms. The Balaban J connectivity index is 2.24. The van der Waals surface area contributed by atoms with Gasteiger partial charge in [-0.05, 0) is 18.7 Å². The molecule has 0 aliphatic heterocycles. The smallest absolute Gasteiger partial charge is 0.0594 e. The molecule has 0 bridgehead atoms. The molecule has 5 nitrogen and oxygen atoms in total. The molecule has 5 heteroatoms. The second-order valence-electron chi connectivity index (χ2n) is 5.69. The molecule has 1 aromatic carbocycles. The summed E-state index contributed by atoms with van der Waals surface area (Å²) in [6.45, 7) is 13.9. The van der Waals surface area contributed by atoms with E-state index in [0.717, 1.165) is 72.2 Å².